The molecule has 0 bridgehead atoms. The molecule has 6 nitrogen and oxygen atoms in total. The summed E-state index contributed by atoms with van der Waals surface area (Å²) in [5.74, 6) is 0.681. The van der Waals surface area contributed by atoms with Crippen LogP contribution in [0.25, 0.3) is 0 Å². The third kappa shape index (κ3) is 3.85. The summed E-state index contributed by atoms with van der Waals surface area (Å²) in [6.07, 6.45) is 4.08. The van der Waals surface area contributed by atoms with E-state index in [9.17, 15) is 14.7 Å². The topological polar surface area (TPSA) is 70.1 Å². The van der Waals surface area contributed by atoms with Crippen molar-refractivity contribution in [1.82, 2.24) is 4.90 Å². The number of fused-ring (bicyclic) bond motifs is 1. The van der Waals surface area contributed by atoms with Gasteiger partial charge in [-0.3, -0.25) is 9.59 Å². The second kappa shape index (κ2) is 8.54. The van der Waals surface area contributed by atoms with Crippen molar-refractivity contribution in [1.29, 1.82) is 0 Å². The smallest absolute Gasteiger partial charge is 0.268 e. The minimum Gasteiger partial charge on any atom is -0.478 e. The van der Waals surface area contributed by atoms with E-state index < -0.39 is 6.10 Å². The quantitative estimate of drug-likeness (QED) is 0.845. The number of aliphatic hydroxyl groups excluding tert-OH is 1. The van der Waals surface area contributed by atoms with Gasteiger partial charge in [-0.05, 0) is 44.2 Å². The summed E-state index contributed by atoms with van der Waals surface area (Å²) in [6.45, 7) is 3.13. The molecule has 1 aromatic carbocycles. The Hall–Kier alpha value is -2.08. The second-order valence-electron chi connectivity index (χ2n) is 6.97. The van der Waals surface area contributed by atoms with Gasteiger partial charge in [0.05, 0.1) is 5.69 Å². The molecule has 0 radical (unpaired) electrons. The number of nitrogens with zero attached hydrogens (tertiary/aromatic N) is 2. The van der Waals surface area contributed by atoms with Gasteiger partial charge < -0.3 is 19.6 Å². The van der Waals surface area contributed by atoms with E-state index in [2.05, 4.69) is 0 Å². The number of ether oxygens (including phenoxy) is 1. The Balaban J connectivity index is 1.69. The molecule has 3 rings (SSSR count). The van der Waals surface area contributed by atoms with Crippen molar-refractivity contribution in [2.45, 2.75) is 57.6 Å². The lowest BCUT2D eigenvalue weighted by Crippen LogP contribution is -2.48. The number of benzene rings is 1. The van der Waals surface area contributed by atoms with Gasteiger partial charge in [-0.1, -0.05) is 19.1 Å². The number of anilines is 1. The Labute approximate surface area is 154 Å². The predicted octanol–water partition coefficient (Wildman–Crippen LogP) is 2.34. The van der Waals surface area contributed by atoms with Crippen LogP contribution in [0.3, 0.4) is 0 Å². The largest absolute Gasteiger partial charge is 0.478 e. The predicted molar refractivity (Wildman–Crippen MR) is 99.2 cm³/mol. The molecular weight excluding hydrogens is 332 g/mol. The van der Waals surface area contributed by atoms with E-state index in [0.717, 1.165) is 31.5 Å². The maximum atomic E-state index is 12.8. The fraction of sp³-hybridized carbons (Fsp3) is 0.600. The molecule has 1 saturated heterocycles. The third-order valence-corrected chi connectivity index (χ3v) is 5.30. The normalized spacial score (nSPS) is 22.8. The zero-order chi connectivity index (χ0) is 18.5. The van der Waals surface area contributed by atoms with Gasteiger partial charge in [0.1, 0.15) is 5.75 Å². The summed E-state index contributed by atoms with van der Waals surface area (Å²) in [4.78, 5) is 29.1. The van der Waals surface area contributed by atoms with E-state index in [1.54, 1.807) is 4.90 Å². The Bertz CT molecular complexity index is 646. The maximum absolute atomic E-state index is 12.8. The van der Waals surface area contributed by atoms with Crippen molar-refractivity contribution >= 4 is 17.5 Å². The van der Waals surface area contributed by atoms with Crippen LogP contribution in [0.4, 0.5) is 5.69 Å². The highest BCUT2D eigenvalue weighted by Gasteiger charge is 2.34. The molecule has 2 atom stereocenters. The summed E-state index contributed by atoms with van der Waals surface area (Å²) in [6, 6.07) is 7.61. The number of para-hydroxylation sites is 2. The summed E-state index contributed by atoms with van der Waals surface area (Å²) < 4.78 is 5.78. The standard InChI is InChI=1S/C20H28N2O4/c1-2-17-20(25)22(16-8-3-4-9-18(16)26-17)13-10-19(24)21-12-6-5-7-15(21)11-14-23/h3-4,8-9,15,17,23H,2,5-7,10-14H2,1H3. The third-order valence-electron chi connectivity index (χ3n) is 5.30. The molecular formula is C20H28N2O4. The zero-order valence-electron chi connectivity index (χ0n) is 15.4. The Kier molecular flexibility index (Phi) is 6.14. The first-order chi connectivity index (χ1) is 12.7. The molecule has 2 unspecified atom stereocenters. The molecule has 26 heavy (non-hydrogen) atoms. The van der Waals surface area contributed by atoms with E-state index in [0.29, 0.717) is 31.6 Å². The minimum atomic E-state index is -0.489. The lowest BCUT2D eigenvalue weighted by atomic mass is 9.99. The zero-order valence-corrected chi connectivity index (χ0v) is 15.4. The van der Waals surface area contributed by atoms with Gasteiger partial charge in [0, 0.05) is 32.2 Å². The Morgan fingerprint density at radius 3 is 2.88 bits per heavy atom. The molecule has 1 aromatic rings. The maximum Gasteiger partial charge on any atom is 0.268 e. The van der Waals surface area contributed by atoms with Gasteiger partial charge in [0.25, 0.3) is 5.91 Å². The van der Waals surface area contributed by atoms with Gasteiger partial charge in [-0.25, -0.2) is 0 Å². The Morgan fingerprint density at radius 2 is 2.12 bits per heavy atom. The highest BCUT2D eigenvalue weighted by atomic mass is 16.5. The van der Waals surface area contributed by atoms with Crippen LogP contribution in [0.2, 0.25) is 0 Å². The summed E-state index contributed by atoms with van der Waals surface area (Å²) in [5.41, 5.74) is 0.737. The highest BCUT2D eigenvalue weighted by molar-refractivity contribution is 6.00. The molecule has 2 amide bonds. The molecule has 6 heteroatoms. The van der Waals surface area contributed by atoms with Crippen LogP contribution in [0.15, 0.2) is 24.3 Å². The molecule has 2 aliphatic rings. The van der Waals surface area contributed by atoms with Crippen LogP contribution < -0.4 is 9.64 Å². The lowest BCUT2D eigenvalue weighted by Gasteiger charge is -2.37. The van der Waals surface area contributed by atoms with E-state index in [-0.39, 0.29) is 24.5 Å². The van der Waals surface area contributed by atoms with Gasteiger partial charge in [-0.2, -0.15) is 0 Å². The van der Waals surface area contributed by atoms with Crippen LogP contribution in [0, 0.1) is 0 Å². The van der Waals surface area contributed by atoms with Crippen molar-refractivity contribution in [2.24, 2.45) is 0 Å². The number of hydrogen-bond donors (Lipinski definition) is 1. The van der Waals surface area contributed by atoms with E-state index >= 15 is 0 Å². The fourth-order valence-corrected chi connectivity index (χ4v) is 3.89. The van der Waals surface area contributed by atoms with E-state index in [1.165, 1.54) is 0 Å². The number of aliphatic hydroxyl groups is 1. The number of likely N-dealkylation sites (tertiary alicyclic amines) is 1. The first-order valence-electron chi connectivity index (χ1n) is 9.63. The summed E-state index contributed by atoms with van der Waals surface area (Å²) in [7, 11) is 0. The van der Waals surface area contributed by atoms with Gasteiger partial charge in [-0.15, -0.1) is 0 Å². The number of carbonyl (C=O) groups excluding carboxylic acids is 2. The first kappa shape index (κ1) is 18.7. The molecule has 2 aliphatic heterocycles. The highest BCUT2D eigenvalue weighted by Crippen LogP contribution is 2.34. The average Bonchev–Trinajstić information content (AvgIpc) is 2.67. The van der Waals surface area contributed by atoms with Crippen molar-refractivity contribution in [3.05, 3.63) is 24.3 Å². The van der Waals surface area contributed by atoms with Crippen LogP contribution in [0.5, 0.6) is 5.75 Å². The molecule has 2 heterocycles. The lowest BCUT2D eigenvalue weighted by molar-refractivity contribution is -0.135. The van der Waals surface area contributed by atoms with Gasteiger partial charge >= 0.3 is 0 Å². The SMILES string of the molecule is CCC1Oc2ccccc2N(CCC(=O)N2CCCCC2CCO)C1=O. The molecule has 1 fully saturated rings. The number of amides is 2. The molecule has 1 N–H and O–H groups in total. The minimum absolute atomic E-state index is 0.0629. The molecule has 0 saturated carbocycles. The Morgan fingerprint density at radius 1 is 1.31 bits per heavy atom. The monoisotopic (exact) mass is 360 g/mol. The first-order valence-corrected chi connectivity index (χ1v) is 9.63. The average molecular weight is 360 g/mol. The van der Waals surface area contributed by atoms with E-state index in [4.69, 9.17) is 4.74 Å². The van der Waals surface area contributed by atoms with Crippen LogP contribution in [-0.4, -0.2) is 53.7 Å². The van der Waals surface area contributed by atoms with Crippen molar-refractivity contribution < 1.29 is 19.4 Å². The number of hydrogen-bond acceptors (Lipinski definition) is 4. The number of rotatable bonds is 6. The summed E-state index contributed by atoms with van der Waals surface area (Å²) in [5, 5.41) is 9.25. The fourth-order valence-electron chi connectivity index (χ4n) is 3.89. The van der Waals surface area contributed by atoms with Crippen molar-refractivity contribution in [3.8, 4) is 5.75 Å². The van der Waals surface area contributed by atoms with Crippen LogP contribution in [-0.2, 0) is 9.59 Å². The van der Waals surface area contributed by atoms with Crippen LogP contribution in [0.1, 0.15) is 45.4 Å². The molecule has 0 spiro atoms. The van der Waals surface area contributed by atoms with Crippen molar-refractivity contribution in [3.63, 3.8) is 0 Å². The van der Waals surface area contributed by atoms with Crippen molar-refractivity contribution in [2.75, 3.05) is 24.6 Å². The van der Waals surface area contributed by atoms with Gasteiger partial charge in [0.2, 0.25) is 5.91 Å². The van der Waals surface area contributed by atoms with Gasteiger partial charge in [0.15, 0.2) is 6.10 Å². The van der Waals surface area contributed by atoms with E-state index in [1.807, 2.05) is 36.1 Å². The molecule has 0 aliphatic carbocycles. The number of piperidine rings is 1. The number of carbonyl (C=O) groups is 2. The molecule has 142 valence electrons. The summed E-state index contributed by atoms with van der Waals surface area (Å²) >= 11 is 0. The molecule has 0 aromatic heterocycles. The second-order valence-corrected chi connectivity index (χ2v) is 6.97. The van der Waals surface area contributed by atoms with Crippen LogP contribution >= 0.6 is 0 Å².